The van der Waals surface area contributed by atoms with E-state index >= 15 is 0 Å². The molecule has 2 amide bonds. The summed E-state index contributed by atoms with van der Waals surface area (Å²) in [7, 11) is 0. The number of hydrogen-bond donors (Lipinski definition) is 2. The minimum atomic E-state index is -0.706. The molecule has 132 valence electrons. The number of amides is 2. The Balaban J connectivity index is 2.33. The van der Waals surface area contributed by atoms with Crippen LogP contribution in [0, 0.1) is 25.2 Å². The van der Waals surface area contributed by atoms with Gasteiger partial charge >= 0.3 is 0 Å². The Morgan fingerprint density at radius 2 is 1.81 bits per heavy atom. The standard InChI is InChI=1S/C20H20N4O2/c1-13-5-4-6-19(14(13)2)23-12-16(11-21)20(26)24(15(3)25)18-9-7-17(22)8-10-18/h4-10,12,23H,22H2,1-3H3/b16-12-. The number of rotatable bonds is 4. The van der Waals surface area contributed by atoms with E-state index in [-0.39, 0.29) is 5.57 Å². The van der Waals surface area contributed by atoms with E-state index in [1.165, 1.54) is 13.1 Å². The molecule has 0 aliphatic rings. The number of nitrogen functional groups attached to an aromatic ring is 1. The zero-order chi connectivity index (χ0) is 19.3. The van der Waals surface area contributed by atoms with Crippen LogP contribution in [0.4, 0.5) is 17.1 Å². The Bertz CT molecular complexity index is 908. The number of nitrogens with one attached hydrogen (secondary N) is 1. The van der Waals surface area contributed by atoms with Gasteiger partial charge in [0.25, 0.3) is 5.91 Å². The highest BCUT2D eigenvalue weighted by Crippen LogP contribution is 2.21. The minimum Gasteiger partial charge on any atom is -0.399 e. The smallest absolute Gasteiger partial charge is 0.277 e. The molecule has 0 saturated heterocycles. The number of imide groups is 1. The lowest BCUT2D eigenvalue weighted by molar-refractivity contribution is -0.123. The average molecular weight is 348 g/mol. The van der Waals surface area contributed by atoms with Crippen molar-refractivity contribution < 1.29 is 9.59 Å². The summed E-state index contributed by atoms with van der Waals surface area (Å²) < 4.78 is 0. The molecular formula is C20H20N4O2. The van der Waals surface area contributed by atoms with Gasteiger partial charge in [-0.3, -0.25) is 9.59 Å². The van der Waals surface area contributed by atoms with Gasteiger partial charge in [-0.25, -0.2) is 4.90 Å². The van der Waals surface area contributed by atoms with Crippen molar-refractivity contribution in [3.05, 3.63) is 65.4 Å². The van der Waals surface area contributed by atoms with Gasteiger partial charge in [-0.1, -0.05) is 12.1 Å². The van der Waals surface area contributed by atoms with Crippen LogP contribution in [0.15, 0.2) is 54.2 Å². The number of carbonyl (C=O) groups is 2. The van der Waals surface area contributed by atoms with Crippen molar-refractivity contribution in [1.29, 1.82) is 5.26 Å². The van der Waals surface area contributed by atoms with Crippen molar-refractivity contribution in [3.63, 3.8) is 0 Å². The molecule has 2 aromatic rings. The third kappa shape index (κ3) is 4.08. The molecular weight excluding hydrogens is 328 g/mol. The molecule has 0 aliphatic carbocycles. The number of nitriles is 1. The zero-order valence-corrected chi connectivity index (χ0v) is 14.9. The highest BCUT2D eigenvalue weighted by atomic mass is 16.2. The topological polar surface area (TPSA) is 99.2 Å². The van der Waals surface area contributed by atoms with Gasteiger partial charge in [-0.15, -0.1) is 0 Å². The lowest BCUT2D eigenvalue weighted by Gasteiger charge is -2.19. The van der Waals surface area contributed by atoms with E-state index in [0.717, 1.165) is 21.7 Å². The second-order valence-electron chi connectivity index (χ2n) is 5.81. The first kappa shape index (κ1) is 18.7. The number of aryl methyl sites for hydroxylation is 1. The third-order valence-corrected chi connectivity index (χ3v) is 4.00. The number of carbonyl (C=O) groups excluding carboxylic acids is 2. The largest absolute Gasteiger partial charge is 0.399 e. The molecule has 0 atom stereocenters. The Kier molecular flexibility index (Phi) is 5.76. The summed E-state index contributed by atoms with van der Waals surface area (Å²) in [4.78, 5) is 25.6. The summed E-state index contributed by atoms with van der Waals surface area (Å²) in [6.45, 7) is 5.18. The van der Waals surface area contributed by atoms with Gasteiger partial charge in [0.15, 0.2) is 0 Å². The molecule has 0 saturated carbocycles. The van der Waals surface area contributed by atoms with E-state index in [1.807, 2.05) is 38.1 Å². The lowest BCUT2D eigenvalue weighted by atomic mass is 10.1. The number of benzene rings is 2. The molecule has 0 aromatic heterocycles. The van der Waals surface area contributed by atoms with Crippen LogP contribution in [0.3, 0.4) is 0 Å². The maximum Gasteiger partial charge on any atom is 0.277 e. The van der Waals surface area contributed by atoms with Crippen LogP contribution < -0.4 is 16.0 Å². The molecule has 0 unspecified atom stereocenters. The SMILES string of the molecule is CC(=O)N(C(=O)/C(C#N)=C\Nc1cccc(C)c1C)c1ccc(N)cc1. The Labute approximate surface area is 152 Å². The average Bonchev–Trinajstić information content (AvgIpc) is 2.60. The fourth-order valence-electron chi connectivity index (χ4n) is 2.39. The highest BCUT2D eigenvalue weighted by Gasteiger charge is 2.24. The number of nitrogens with two attached hydrogens (primary N) is 1. The van der Waals surface area contributed by atoms with Crippen LogP contribution in [0.5, 0.6) is 0 Å². The van der Waals surface area contributed by atoms with E-state index < -0.39 is 11.8 Å². The van der Waals surface area contributed by atoms with E-state index in [4.69, 9.17) is 5.73 Å². The molecule has 0 radical (unpaired) electrons. The van der Waals surface area contributed by atoms with Crippen molar-refractivity contribution in [1.82, 2.24) is 0 Å². The van der Waals surface area contributed by atoms with Crippen molar-refractivity contribution >= 4 is 28.9 Å². The number of nitrogens with zero attached hydrogens (tertiary/aromatic N) is 2. The van der Waals surface area contributed by atoms with Gasteiger partial charge in [0, 0.05) is 24.5 Å². The van der Waals surface area contributed by atoms with Crippen LogP contribution >= 0.6 is 0 Å². The van der Waals surface area contributed by atoms with Crippen LogP contribution in [0.1, 0.15) is 18.1 Å². The summed E-state index contributed by atoms with van der Waals surface area (Å²) in [5.74, 6) is -1.20. The molecule has 26 heavy (non-hydrogen) atoms. The Morgan fingerprint density at radius 3 is 2.38 bits per heavy atom. The zero-order valence-electron chi connectivity index (χ0n) is 14.9. The molecule has 2 aromatic carbocycles. The van der Waals surface area contributed by atoms with E-state index in [1.54, 1.807) is 24.3 Å². The first-order chi connectivity index (χ1) is 12.3. The first-order valence-corrected chi connectivity index (χ1v) is 7.98. The normalized spacial score (nSPS) is 10.8. The van der Waals surface area contributed by atoms with Crippen LogP contribution in [0.2, 0.25) is 0 Å². The van der Waals surface area contributed by atoms with Gasteiger partial charge in [0.2, 0.25) is 5.91 Å². The minimum absolute atomic E-state index is 0.182. The third-order valence-electron chi connectivity index (χ3n) is 4.00. The van der Waals surface area contributed by atoms with Gasteiger partial charge < -0.3 is 11.1 Å². The van der Waals surface area contributed by atoms with Gasteiger partial charge in [0.1, 0.15) is 11.6 Å². The summed E-state index contributed by atoms with van der Waals surface area (Å²) in [6.07, 6.45) is 1.32. The fraction of sp³-hybridized carbons (Fsp3) is 0.150. The first-order valence-electron chi connectivity index (χ1n) is 7.98. The van der Waals surface area contributed by atoms with Crippen molar-refractivity contribution in [3.8, 4) is 6.07 Å². The van der Waals surface area contributed by atoms with Crippen LogP contribution in [-0.2, 0) is 9.59 Å². The van der Waals surface area contributed by atoms with Gasteiger partial charge in [-0.05, 0) is 55.3 Å². The Morgan fingerprint density at radius 1 is 1.15 bits per heavy atom. The second-order valence-corrected chi connectivity index (χ2v) is 5.81. The molecule has 6 heteroatoms. The van der Waals surface area contributed by atoms with Crippen molar-refractivity contribution in [2.45, 2.75) is 20.8 Å². The van der Waals surface area contributed by atoms with Crippen molar-refractivity contribution in [2.24, 2.45) is 0 Å². The second kappa shape index (κ2) is 7.99. The van der Waals surface area contributed by atoms with E-state index in [2.05, 4.69) is 5.32 Å². The number of anilines is 3. The maximum atomic E-state index is 12.7. The molecule has 0 spiro atoms. The van der Waals surface area contributed by atoms with E-state index in [9.17, 15) is 14.9 Å². The molecule has 2 rings (SSSR count). The van der Waals surface area contributed by atoms with Crippen LogP contribution in [0.25, 0.3) is 0 Å². The fourth-order valence-corrected chi connectivity index (χ4v) is 2.39. The molecule has 0 fully saturated rings. The summed E-state index contributed by atoms with van der Waals surface area (Å²) in [5, 5.41) is 12.4. The predicted octanol–water partition coefficient (Wildman–Crippen LogP) is 3.28. The highest BCUT2D eigenvalue weighted by molar-refractivity contribution is 6.21. The number of hydrogen-bond acceptors (Lipinski definition) is 5. The van der Waals surface area contributed by atoms with Crippen LogP contribution in [-0.4, -0.2) is 11.8 Å². The molecule has 0 bridgehead atoms. The quantitative estimate of drug-likeness (QED) is 0.502. The predicted molar refractivity (Wildman–Crippen MR) is 102 cm³/mol. The van der Waals surface area contributed by atoms with Crippen molar-refractivity contribution in [2.75, 3.05) is 16.0 Å². The maximum absolute atomic E-state index is 12.7. The molecule has 0 aliphatic heterocycles. The summed E-state index contributed by atoms with van der Waals surface area (Å²) >= 11 is 0. The Hall–Kier alpha value is -3.59. The van der Waals surface area contributed by atoms with E-state index in [0.29, 0.717) is 11.4 Å². The summed E-state index contributed by atoms with van der Waals surface area (Å²) in [6, 6.07) is 13.8. The van der Waals surface area contributed by atoms with Gasteiger partial charge in [0.05, 0.1) is 5.69 Å². The lowest BCUT2D eigenvalue weighted by Crippen LogP contribution is -2.36. The summed E-state index contributed by atoms with van der Waals surface area (Å²) in [5.41, 5.74) is 9.20. The molecule has 6 nitrogen and oxygen atoms in total. The monoisotopic (exact) mass is 348 g/mol. The molecule has 0 heterocycles. The molecule has 3 N–H and O–H groups in total. The van der Waals surface area contributed by atoms with Gasteiger partial charge in [-0.2, -0.15) is 5.26 Å².